The van der Waals surface area contributed by atoms with Gasteiger partial charge in [0.15, 0.2) is 6.10 Å². The van der Waals surface area contributed by atoms with Crippen LogP contribution in [-0.2, 0) is 11.2 Å². The molecule has 0 bridgehead atoms. The third-order valence-electron chi connectivity index (χ3n) is 3.05. The molecule has 3 nitrogen and oxygen atoms in total. The summed E-state index contributed by atoms with van der Waals surface area (Å²) in [5, 5.41) is 2.81. The van der Waals surface area contributed by atoms with Crippen molar-refractivity contribution >= 4 is 5.91 Å². The van der Waals surface area contributed by atoms with E-state index >= 15 is 0 Å². The van der Waals surface area contributed by atoms with Crippen LogP contribution in [0.4, 0.5) is 4.39 Å². The first-order valence-corrected chi connectivity index (χ1v) is 6.89. The van der Waals surface area contributed by atoms with E-state index in [1.165, 1.54) is 12.1 Å². The summed E-state index contributed by atoms with van der Waals surface area (Å²) in [5.74, 6) is 0.243. The number of hydrogen-bond acceptors (Lipinski definition) is 2. The van der Waals surface area contributed by atoms with Crippen LogP contribution < -0.4 is 10.1 Å². The van der Waals surface area contributed by atoms with E-state index in [4.69, 9.17) is 4.74 Å². The molecule has 2 rings (SSSR count). The number of ether oxygens (including phenoxy) is 1. The SMILES string of the molecule is C[C@H](Oc1ccccc1)C(=O)NCCc1ccc(F)cc1. The summed E-state index contributed by atoms with van der Waals surface area (Å²) >= 11 is 0. The van der Waals surface area contributed by atoms with Crippen LogP contribution in [0.2, 0.25) is 0 Å². The first-order chi connectivity index (χ1) is 10.1. The Morgan fingerprint density at radius 3 is 2.48 bits per heavy atom. The fraction of sp³-hybridized carbons (Fsp3) is 0.235. The van der Waals surface area contributed by atoms with Crippen molar-refractivity contribution in [1.82, 2.24) is 5.32 Å². The Hall–Kier alpha value is -2.36. The first-order valence-electron chi connectivity index (χ1n) is 6.89. The Morgan fingerprint density at radius 1 is 1.14 bits per heavy atom. The summed E-state index contributed by atoms with van der Waals surface area (Å²) in [7, 11) is 0. The average Bonchev–Trinajstić information content (AvgIpc) is 2.50. The maximum absolute atomic E-state index is 12.8. The molecular weight excluding hydrogens is 269 g/mol. The van der Waals surface area contributed by atoms with Crippen molar-refractivity contribution in [3.63, 3.8) is 0 Å². The van der Waals surface area contributed by atoms with Gasteiger partial charge in [-0.1, -0.05) is 30.3 Å². The predicted molar refractivity (Wildman–Crippen MR) is 79.6 cm³/mol. The molecule has 1 N–H and O–H groups in total. The van der Waals surface area contributed by atoms with Gasteiger partial charge >= 0.3 is 0 Å². The van der Waals surface area contributed by atoms with E-state index in [1.54, 1.807) is 19.1 Å². The molecule has 0 aromatic heterocycles. The summed E-state index contributed by atoms with van der Waals surface area (Å²) in [6, 6.07) is 15.5. The van der Waals surface area contributed by atoms with Gasteiger partial charge in [0.2, 0.25) is 0 Å². The van der Waals surface area contributed by atoms with Crippen molar-refractivity contribution in [1.29, 1.82) is 0 Å². The fourth-order valence-corrected chi connectivity index (χ4v) is 1.88. The zero-order chi connectivity index (χ0) is 15.1. The normalized spacial score (nSPS) is 11.7. The lowest BCUT2D eigenvalue weighted by molar-refractivity contribution is -0.127. The minimum Gasteiger partial charge on any atom is -0.481 e. The van der Waals surface area contributed by atoms with Crippen LogP contribution in [0.3, 0.4) is 0 Å². The number of hydrogen-bond donors (Lipinski definition) is 1. The third-order valence-corrected chi connectivity index (χ3v) is 3.05. The lowest BCUT2D eigenvalue weighted by Gasteiger charge is -2.14. The summed E-state index contributed by atoms with van der Waals surface area (Å²) in [4.78, 5) is 11.9. The van der Waals surface area contributed by atoms with E-state index < -0.39 is 6.10 Å². The van der Waals surface area contributed by atoms with Crippen LogP contribution in [0.1, 0.15) is 12.5 Å². The number of benzene rings is 2. The topological polar surface area (TPSA) is 38.3 Å². The number of rotatable bonds is 6. The second kappa shape index (κ2) is 7.43. The van der Waals surface area contributed by atoms with Gasteiger partial charge in [0.05, 0.1) is 0 Å². The minimum absolute atomic E-state index is 0.166. The van der Waals surface area contributed by atoms with Crippen molar-refractivity contribution < 1.29 is 13.9 Å². The molecule has 110 valence electrons. The predicted octanol–water partition coefficient (Wildman–Crippen LogP) is 2.95. The van der Waals surface area contributed by atoms with E-state index in [1.807, 2.05) is 30.3 Å². The van der Waals surface area contributed by atoms with Crippen molar-refractivity contribution in [3.8, 4) is 5.75 Å². The molecule has 4 heteroatoms. The Balaban J connectivity index is 1.75. The van der Waals surface area contributed by atoms with Crippen molar-refractivity contribution in [2.75, 3.05) is 6.54 Å². The van der Waals surface area contributed by atoms with Gasteiger partial charge in [0.1, 0.15) is 11.6 Å². The molecule has 21 heavy (non-hydrogen) atoms. The van der Waals surface area contributed by atoms with Gasteiger partial charge in [0.25, 0.3) is 5.91 Å². The molecule has 2 aromatic carbocycles. The van der Waals surface area contributed by atoms with E-state index in [-0.39, 0.29) is 11.7 Å². The number of halogens is 1. The van der Waals surface area contributed by atoms with Crippen LogP contribution in [-0.4, -0.2) is 18.6 Å². The molecule has 1 atom stereocenters. The largest absolute Gasteiger partial charge is 0.481 e. The maximum Gasteiger partial charge on any atom is 0.260 e. The van der Waals surface area contributed by atoms with Crippen LogP contribution in [0.15, 0.2) is 54.6 Å². The molecule has 0 aliphatic rings. The molecule has 0 saturated heterocycles. The Labute approximate surface area is 123 Å². The number of nitrogens with one attached hydrogen (secondary N) is 1. The van der Waals surface area contributed by atoms with E-state index in [2.05, 4.69) is 5.32 Å². The molecule has 2 aromatic rings. The molecule has 0 saturated carbocycles. The van der Waals surface area contributed by atoms with Gasteiger partial charge in [-0.2, -0.15) is 0 Å². The average molecular weight is 287 g/mol. The molecule has 0 radical (unpaired) electrons. The van der Waals surface area contributed by atoms with Gasteiger partial charge < -0.3 is 10.1 Å². The fourth-order valence-electron chi connectivity index (χ4n) is 1.88. The standard InChI is InChI=1S/C17H18FNO2/c1-13(21-16-5-3-2-4-6-16)17(20)19-12-11-14-7-9-15(18)10-8-14/h2-10,13H,11-12H2,1H3,(H,19,20)/t13-/m0/s1. The Morgan fingerprint density at radius 2 is 1.81 bits per heavy atom. The number of carbonyl (C=O) groups excluding carboxylic acids is 1. The van der Waals surface area contributed by atoms with Gasteiger partial charge in [-0.25, -0.2) is 4.39 Å². The Kier molecular flexibility index (Phi) is 5.32. The molecule has 0 unspecified atom stereocenters. The van der Waals surface area contributed by atoms with Crippen LogP contribution in [0.5, 0.6) is 5.75 Å². The molecule has 0 fully saturated rings. The number of carbonyl (C=O) groups is 1. The highest BCUT2D eigenvalue weighted by Gasteiger charge is 2.13. The second-order valence-electron chi connectivity index (χ2n) is 4.74. The van der Waals surface area contributed by atoms with Crippen molar-refractivity contribution in [3.05, 3.63) is 66.0 Å². The number of amides is 1. The zero-order valence-electron chi connectivity index (χ0n) is 11.9. The number of para-hydroxylation sites is 1. The molecule has 0 heterocycles. The van der Waals surface area contributed by atoms with E-state index in [0.717, 1.165) is 5.56 Å². The minimum atomic E-state index is -0.555. The lowest BCUT2D eigenvalue weighted by Crippen LogP contribution is -2.37. The van der Waals surface area contributed by atoms with Crippen LogP contribution >= 0.6 is 0 Å². The van der Waals surface area contributed by atoms with E-state index in [9.17, 15) is 9.18 Å². The quantitative estimate of drug-likeness (QED) is 0.887. The van der Waals surface area contributed by atoms with Gasteiger partial charge in [-0.05, 0) is 43.2 Å². The zero-order valence-corrected chi connectivity index (χ0v) is 11.9. The first kappa shape index (κ1) is 15.0. The van der Waals surface area contributed by atoms with E-state index in [0.29, 0.717) is 18.7 Å². The maximum atomic E-state index is 12.8. The molecule has 0 aliphatic heterocycles. The van der Waals surface area contributed by atoms with Crippen LogP contribution in [0.25, 0.3) is 0 Å². The van der Waals surface area contributed by atoms with Crippen LogP contribution in [0, 0.1) is 5.82 Å². The molecule has 0 spiro atoms. The lowest BCUT2D eigenvalue weighted by atomic mass is 10.1. The molecule has 0 aliphatic carbocycles. The highest BCUT2D eigenvalue weighted by Crippen LogP contribution is 2.10. The highest BCUT2D eigenvalue weighted by atomic mass is 19.1. The Bertz CT molecular complexity index is 569. The monoisotopic (exact) mass is 287 g/mol. The molecular formula is C17H18FNO2. The third kappa shape index (κ3) is 4.91. The smallest absolute Gasteiger partial charge is 0.260 e. The highest BCUT2D eigenvalue weighted by molar-refractivity contribution is 5.80. The summed E-state index contributed by atoms with van der Waals surface area (Å²) < 4.78 is 18.3. The summed E-state index contributed by atoms with van der Waals surface area (Å²) in [6.45, 7) is 2.20. The summed E-state index contributed by atoms with van der Waals surface area (Å²) in [6.07, 6.45) is 0.102. The van der Waals surface area contributed by atoms with Gasteiger partial charge in [0, 0.05) is 6.54 Å². The second-order valence-corrected chi connectivity index (χ2v) is 4.74. The van der Waals surface area contributed by atoms with Crippen molar-refractivity contribution in [2.45, 2.75) is 19.4 Å². The van der Waals surface area contributed by atoms with Gasteiger partial charge in [-0.15, -0.1) is 0 Å². The summed E-state index contributed by atoms with van der Waals surface area (Å²) in [5.41, 5.74) is 0.980. The van der Waals surface area contributed by atoms with Crippen molar-refractivity contribution in [2.24, 2.45) is 0 Å². The molecule has 1 amide bonds. The van der Waals surface area contributed by atoms with Gasteiger partial charge in [-0.3, -0.25) is 4.79 Å².